The van der Waals surface area contributed by atoms with Crippen molar-refractivity contribution in [2.45, 2.75) is 45.2 Å². The van der Waals surface area contributed by atoms with E-state index in [-0.39, 0.29) is 12.1 Å². The van der Waals surface area contributed by atoms with Crippen LogP contribution in [0.3, 0.4) is 0 Å². The fourth-order valence-corrected chi connectivity index (χ4v) is 1.93. The van der Waals surface area contributed by atoms with Crippen LogP contribution in [0.2, 0.25) is 0 Å². The molecule has 1 aliphatic heterocycles. The number of hydrogen-bond acceptors (Lipinski definition) is 2. The Morgan fingerprint density at radius 2 is 1.69 bits per heavy atom. The molecule has 74 valence electrons. The van der Waals surface area contributed by atoms with Gasteiger partial charge in [0, 0.05) is 12.1 Å². The molecule has 0 saturated carbocycles. The summed E-state index contributed by atoms with van der Waals surface area (Å²) in [6, 6.07) is 0.125. The first-order valence-electron chi connectivity index (χ1n) is 4.59. The second kappa shape index (κ2) is 3.77. The molecule has 0 aromatic heterocycles. The quantitative estimate of drug-likeness (QED) is 0.569. The van der Waals surface area contributed by atoms with Crippen molar-refractivity contribution in [2.75, 3.05) is 0 Å². The fraction of sp³-hybridized carbons (Fsp3) is 0.778. The predicted octanol–water partition coefficient (Wildman–Crippen LogP) is 0.861. The number of carboxylic acid groups (broad SMARTS) is 1. The monoisotopic (exact) mass is 185 g/mol. The smallest absolute Gasteiger partial charge is 0.394 e. The summed E-state index contributed by atoms with van der Waals surface area (Å²) in [6.45, 7) is 3.80. The van der Waals surface area contributed by atoms with E-state index in [0.717, 1.165) is 19.3 Å². The van der Waals surface area contributed by atoms with Gasteiger partial charge in [0.25, 0.3) is 0 Å². The highest BCUT2D eigenvalue weighted by Crippen LogP contribution is 2.22. The van der Waals surface area contributed by atoms with E-state index in [0.29, 0.717) is 0 Å². The van der Waals surface area contributed by atoms with Crippen LogP contribution in [0, 0.1) is 0 Å². The first kappa shape index (κ1) is 10.0. The van der Waals surface area contributed by atoms with Gasteiger partial charge in [-0.1, -0.05) is 0 Å². The number of carboxylic acids is 1. The Labute approximate surface area is 77.5 Å². The van der Waals surface area contributed by atoms with Gasteiger partial charge in [0.1, 0.15) is 0 Å². The first-order chi connectivity index (χ1) is 6.04. The van der Waals surface area contributed by atoms with Gasteiger partial charge in [0.15, 0.2) is 0 Å². The Balaban J connectivity index is 2.74. The van der Waals surface area contributed by atoms with E-state index < -0.39 is 11.9 Å². The molecule has 1 fully saturated rings. The lowest BCUT2D eigenvalue weighted by Crippen LogP contribution is -2.50. The molecule has 4 heteroatoms. The molecule has 1 aliphatic rings. The van der Waals surface area contributed by atoms with Crippen molar-refractivity contribution in [1.82, 2.24) is 4.90 Å². The van der Waals surface area contributed by atoms with Crippen molar-refractivity contribution in [3.05, 3.63) is 0 Å². The number of rotatable bonds is 0. The molecule has 1 heterocycles. The molecule has 0 unspecified atom stereocenters. The fourth-order valence-electron chi connectivity index (χ4n) is 1.93. The predicted molar refractivity (Wildman–Crippen MR) is 47.3 cm³/mol. The molecule has 0 bridgehead atoms. The number of hydrogen-bond donors (Lipinski definition) is 1. The van der Waals surface area contributed by atoms with Gasteiger partial charge < -0.3 is 10.0 Å². The molecule has 0 aliphatic carbocycles. The molecule has 13 heavy (non-hydrogen) atoms. The van der Waals surface area contributed by atoms with Crippen molar-refractivity contribution in [1.29, 1.82) is 0 Å². The third-order valence-electron chi connectivity index (χ3n) is 2.61. The van der Waals surface area contributed by atoms with Crippen molar-refractivity contribution in [2.24, 2.45) is 0 Å². The summed E-state index contributed by atoms with van der Waals surface area (Å²) in [6.07, 6.45) is 2.89. The van der Waals surface area contributed by atoms with Gasteiger partial charge in [-0.25, -0.2) is 4.79 Å². The minimum atomic E-state index is -1.35. The van der Waals surface area contributed by atoms with Crippen LogP contribution in [0.25, 0.3) is 0 Å². The SMILES string of the molecule is C[C@H]1CCC[C@H](C)N1C(=O)C(=O)O. The summed E-state index contributed by atoms with van der Waals surface area (Å²) in [5.41, 5.74) is 0. The van der Waals surface area contributed by atoms with Gasteiger partial charge >= 0.3 is 11.9 Å². The van der Waals surface area contributed by atoms with E-state index in [1.165, 1.54) is 4.90 Å². The van der Waals surface area contributed by atoms with Crippen molar-refractivity contribution in [3.63, 3.8) is 0 Å². The zero-order chi connectivity index (χ0) is 10.0. The minimum absolute atomic E-state index is 0.0624. The Kier molecular flexibility index (Phi) is 2.90. The van der Waals surface area contributed by atoms with Gasteiger partial charge in [-0.05, 0) is 33.1 Å². The number of piperidine rings is 1. The molecule has 0 aromatic rings. The number of likely N-dealkylation sites (tertiary alicyclic amines) is 1. The zero-order valence-corrected chi connectivity index (χ0v) is 7.99. The second-order valence-corrected chi connectivity index (χ2v) is 3.65. The lowest BCUT2D eigenvalue weighted by Gasteiger charge is -2.37. The first-order valence-corrected chi connectivity index (χ1v) is 4.59. The van der Waals surface area contributed by atoms with Crippen LogP contribution in [0.5, 0.6) is 0 Å². The third-order valence-corrected chi connectivity index (χ3v) is 2.61. The summed E-state index contributed by atoms with van der Waals surface area (Å²) in [5.74, 6) is -2.11. The zero-order valence-electron chi connectivity index (χ0n) is 7.99. The molecule has 1 amide bonds. The molecular weight excluding hydrogens is 170 g/mol. The van der Waals surface area contributed by atoms with Gasteiger partial charge in [-0.2, -0.15) is 0 Å². The minimum Gasteiger partial charge on any atom is -0.474 e. The van der Waals surface area contributed by atoms with Crippen LogP contribution in [0.15, 0.2) is 0 Å². The lowest BCUT2D eigenvalue weighted by atomic mass is 9.97. The maximum Gasteiger partial charge on any atom is 0.394 e. The average molecular weight is 185 g/mol. The highest BCUT2D eigenvalue weighted by atomic mass is 16.4. The average Bonchev–Trinajstić information content (AvgIpc) is 2.03. The molecule has 1 N–H and O–H groups in total. The number of amides is 1. The van der Waals surface area contributed by atoms with Crippen LogP contribution in [0.4, 0.5) is 0 Å². The highest BCUT2D eigenvalue weighted by molar-refractivity contribution is 6.31. The van der Waals surface area contributed by atoms with E-state index in [1.807, 2.05) is 13.8 Å². The van der Waals surface area contributed by atoms with Crippen molar-refractivity contribution < 1.29 is 14.7 Å². The van der Waals surface area contributed by atoms with Crippen LogP contribution in [-0.2, 0) is 9.59 Å². The van der Waals surface area contributed by atoms with Crippen LogP contribution < -0.4 is 0 Å². The molecule has 1 saturated heterocycles. The van der Waals surface area contributed by atoms with Gasteiger partial charge in [-0.15, -0.1) is 0 Å². The topological polar surface area (TPSA) is 57.6 Å². The van der Waals surface area contributed by atoms with E-state index in [9.17, 15) is 9.59 Å². The molecule has 0 spiro atoms. The van der Waals surface area contributed by atoms with Crippen molar-refractivity contribution in [3.8, 4) is 0 Å². The molecular formula is C9H15NO3. The number of nitrogens with zero attached hydrogens (tertiary/aromatic N) is 1. The molecule has 0 aromatic carbocycles. The highest BCUT2D eigenvalue weighted by Gasteiger charge is 2.32. The van der Waals surface area contributed by atoms with E-state index in [4.69, 9.17) is 5.11 Å². The van der Waals surface area contributed by atoms with Crippen molar-refractivity contribution >= 4 is 11.9 Å². The molecule has 0 radical (unpaired) electrons. The number of aliphatic carboxylic acids is 1. The molecule has 4 nitrogen and oxygen atoms in total. The van der Waals surface area contributed by atoms with E-state index in [1.54, 1.807) is 0 Å². The summed E-state index contributed by atoms with van der Waals surface area (Å²) in [4.78, 5) is 23.2. The summed E-state index contributed by atoms with van der Waals surface area (Å²) in [5, 5.41) is 8.58. The molecule has 1 rings (SSSR count). The summed E-state index contributed by atoms with van der Waals surface area (Å²) >= 11 is 0. The summed E-state index contributed by atoms with van der Waals surface area (Å²) < 4.78 is 0. The molecule has 2 atom stereocenters. The largest absolute Gasteiger partial charge is 0.474 e. The summed E-state index contributed by atoms with van der Waals surface area (Å²) in [7, 11) is 0. The lowest BCUT2D eigenvalue weighted by molar-refractivity contribution is -0.159. The van der Waals surface area contributed by atoms with Crippen LogP contribution >= 0.6 is 0 Å². The van der Waals surface area contributed by atoms with Crippen LogP contribution in [-0.4, -0.2) is 34.0 Å². The standard InChI is InChI=1S/C9H15NO3/c1-6-4-3-5-7(2)10(6)8(11)9(12)13/h6-7H,3-5H2,1-2H3,(H,12,13)/t6-,7-/m0/s1. The third kappa shape index (κ3) is 1.99. The second-order valence-electron chi connectivity index (χ2n) is 3.65. The maximum absolute atomic E-state index is 11.2. The normalized spacial score (nSPS) is 28.6. The maximum atomic E-state index is 11.2. The Hall–Kier alpha value is -1.06. The number of carbonyl (C=O) groups is 2. The van der Waals surface area contributed by atoms with Gasteiger partial charge in [-0.3, -0.25) is 4.79 Å². The van der Waals surface area contributed by atoms with Gasteiger partial charge in [0.2, 0.25) is 0 Å². The Morgan fingerprint density at radius 1 is 1.23 bits per heavy atom. The Bertz CT molecular complexity index is 217. The number of carbonyl (C=O) groups excluding carboxylic acids is 1. The van der Waals surface area contributed by atoms with E-state index in [2.05, 4.69) is 0 Å². The Morgan fingerprint density at radius 3 is 2.08 bits per heavy atom. The van der Waals surface area contributed by atoms with E-state index >= 15 is 0 Å². The van der Waals surface area contributed by atoms with Gasteiger partial charge in [0.05, 0.1) is 0 Å². The van der Waals surface area contributed by atoms with Crippen LogP contribution in [0.1, 0.15) is 33.1 Å².